The first-order chi connectivity index (χ1) is 7.97. The molecule has 1 aromatic rings. The first-order valence-electron chi connectivity index (χ1n) is 5.73. The first kappa shape index (κ1) is 11.7. The van der Waals surface area contributed by atoms with Crippen LogP contribution in [0.1, 0.15) is 26.3 Å². The van der Waals surface area contributed by atoms with Crippen LogP contribution in [-0.2, 0) is 11.2 Å². The van der Waals surface area contributed by atoms with Crippen molar-refractivity contribution in [2.45, 2.75) is 27.2 Å². The van der Waals surface area contributed by atoms with Crippen molar-refractivity contribution in [3.8, 4) is 5.75 Å². The van der Waals surface area contributed by atoms with Gasteiger partial charge in [0.15, 0.2) is 0 Å². The van der Waals surface area contributed by atoms with Crippen LogP contribution < -0.4 is 10.1 Å². The number of nitrogens with one attached hydrogen (secondary N) is 1. The number of ether oxygens (including phenoxy) is 1. The molecule has 0 atom stereocenters. The third-order valence-electron chi connectivity index (χ3n) is 2.64. The van der Waals surface area contributed by atoms with Crippen molar-refractivity contribution in [1.29, 1.82) is 0 Å². The molecule has 1 amide bonds. The number of allylic oxidation sites excluding steroid dienone is 1. The molecule has 0 aliphatic carbocycles. The lowest BCUT2D eigenvalue weighted by molar-refractivity contribution is -0.123. The van der Waals surface area contributed by atoms with Crippen LogP contribution in [0.5, 0.6) is 5.75 Å². The first-order valence-corrected chi connectivity index (χ1v) is 5.73. The summed E-state index contributed by atoms with van der Waals surface area (Å²) in [5.74, 6) is 0.822. The summed E-state index contributed by atoms with van der Waals surface area (Å²) in [6.45, 7) is 5.67. The number of hydrogen-bond donors (Lipinski definition) is 1. The van der Waals surface area contributed by atoms with E-state index in [1.54, 1.807) is 6.26 Å². The lowest BCUT2D eigenvalue weighted by atomic mass is 9.95. The Kier molecular flexibility index (Phi) is 2.92. The van der Waals surface area contributed by atoms with E-state index in [4.69, 9.17) is 4.74 Å². The van der Waals surface area contributed by atoms with Gasteiger partial charge in [0.05, 0.1) is 6.26 Å². The molecule has 0 aromatic heterocycles. The van der Waals surface area contributed by atoms with Crippen LogP contribution in [-0.4, -0.2) is 5.91 Å². The van der Waals surface area contributed by atoms with Crippen molar-refractivity contribution in [2.75, 3.05) is 5.32 Å². The number of hydrogen-bond acceptors (Lipinski definition) is 2. The molecule has 3 nitrogen and oxygen atoms in total. The van der Waals surface area contributed by atoms with Crippen molar-refractivity contribution in [3.63, 3.8) is 0 Å². The Labute approximate surface area is 101 Å². The van der Waals surface area contributed by atoms with Gasteiger partial charge in [0.2, 0.25) is 5.91 Å². The third kappa shape index (κ3) is 2.67. The third-order valence-corrected chi connectivity index (χ3v) is 2.64. The van der Waals surface area contributed by atoms with Gasteiger partial charge in [-0.15, -0.1) is 0 Å². The second-order valence-electron chi connectivity index (χ2n) is 5.22. The van der Waals surface area contributed by atoms with Gasteiger partial charge in [-0.25, -0.2) is 0 Å². The van der Waals surface area contributed by atoms with E-state index >= 15 is 0 Å². The molecule has 17 heavy (non-hydrogen) atoms. The number of anilines is 1. The van der Waals surface area contributed by atoms with Crippen LogP contribution in [0.15, 0.2) is 30.5 Å². The molecule has 1 N–H and O–H groups in total. The summed E-state index contributed by atoms with van der Waals surface area (Å²) in [4.78, 5) is 11.8. The fourth-order valence-corrected chi connectivity index (χ4v) is 1.53. The molecule has 90 valence electrons. The van der Waals surface area contributed by atoms with E-state index < -0.39 is 5.41 Å². The van der Waals surface area contributed by atoms with Gasteiger partial charge in [0.25, 0.3) is 0 Å². The topological polar surface area (TPSA) is 38.3 Å². The van der Waals surface area contributed by atoms with E-state index in [1.807, 2.05) is 45.0 Å². The molecule has 1 heterocycles. The van der Waals surface area contributed by atoms with Crippen molar-refractivity contribution in [3.05, 3.63) is 36.1 Å². The molecule has 3 heteroatoms. The molecule has 0 radical (unpaired) electrons. The van der Waals surface area contributed by atoms with Crippen LogP contribution in [0.25, 0.3) is 0 Å². The number of rotatable bonds is 1. The normalized spacial score (nSPS) is 13.8. The number of benzene rings is 1. The van der Waals surface area contributed by atoms with E-state index in [2.05, 4.69) is 5.32 Å². The summed E-state index contributed by atoms with van der Waals surface area (Å²) in [6, 6.07) is 5.75. The Bertz CT molecular complexity index is 470. The van der Waals surface area contributed by atoms with E-state index in [0.29, 0.717) is 0 Å². The van der Waals surface area contributed by atoms with Crippen LogP contribution in [0.2, 0.25) is 0 Å². The van der Waals surface area contributed by atoms with E-state index in [1.165, 1.54) is 0 Å². The monoisotopic (exact) mass is 231 g/mol. The minimum atomic E-state index is -0.392. The highest BCUT2D eigenvalue weighted by Gasteiger charge is 2.21. The van der Waals surface area contributed by atoms with Crippen LogP contribution in [0.4, 0.5) is 5.69 Å². The second-order valence-corrected chi connectivity index (χ2v) is 5.22. The summed E-state index contributed by atoms with van der Waals surface area (Å²) >= 11 is 0. The largest absolute Gasteiger partial charge is 0.465 e. The van der Waals surface area contributed by atoms with E-state index in [-0.39, 0.29) is 5.91 Å². The lowest BCUT2D eigenvalue weighted by Gasteiger charge is -2.19. The molecule has 0 bridgehead atoms. The predicted octanol–water partition coefficient (Wildman–Crippen LogP) is 3.12. The van der Waals surface area contributed by atoms with Crippen molar-refractivity contribution >= 4 is 11.6 Å². The molecule has 2 rings (SSSR count). The van der Waals surface area contributed by atoms with Gasteiger partial charge in [0.1, 0.15) is 5.75 Å². The molecule has 0 fully saturated rings. The van der Waals surface area contributed by atoms with Crippen molar-refractivity contribution < 1.29 is 9.53 Å². The smallest absolute Gasteiger partial charge is 0.229 e. The van der Waals surface area contributed by atoms with Crippen molar-refractivity contribution in [1.82, 2.24) is 0 Å². The molecule has 0 saturated heterocycles. The van der Waals surface area contributed by atoms with Gasteiger partial charge in [-0.3, -0.25) is 4.79 Å². The number of carbonyl (C=O) groups excluding carboxylic acids is 1. The van der Waals surface area contributed by atoms with Crippen LogP contribution >= 0.6 is 0 Å². The van der Waals surface area contributed by atoms with Crippen molar-refractivity contribution in [2.24, 2.45) is 5.41 Å². The molecular formula is C14H17NO2. The molecular weight excluding hydrogens is 214 g/mol. The maximum Gasteiger partial charge on any atom is 0.229 e. The summed E-state index contributed by atoms with van der Waals surface area (Å²) in [5.41, 5.74) is 1.52. The quantitative estimate of drug-likeness (QED) is 0.806. The summed E-state index contributed by atoms with van der Waals surface area (Å²) in [7, 11) is 0. The molecule has 1 aliphatic rings. The maximum atomic E-state index is 11.8. The Hall–Kier alpha value is -1.77. The average Bonchev–Trinajstić information content (AvgIpc) is 2.27. The number of fused-ring (bicyclic) bond motifs is 1. The number of amides is 1. The van der Waals surface area contributed by atoms with Gasteiger partial charge in [-0.05, 0) is 24.1 Å². The van der Waals surface area contributed by atoms with Gasteiger partial charge < -0.3 is 10.1 Å². The van der Waals surface area contributed by atoms with Gasteiger partial charge in [-0.2, -0.15) is 0 Å². The zero-order valence-electron chi connectivity index (χ0n) is 10.4. The molecule has 1 aromatic carbocycles. The van der Waals surface area contributed by atoms with Gasteiger partial charge >= 0.3 is 0 Å². The number of carbonyl (C=O) groups is 1. The van der Waals surface area contributed by atoms with Gasteiger partial charge in [0, 0.05) is 17.2 Å². The molecule has 0 unspecified atom stereocenters. The Balaban J connectivity index is 2.16. The standard InChI is InChI=1S/C14H17NO2/c1-14(2,3)13(16)15-11-7-6-10-5-4-8-17-12(10)9-11/h4,6-9H,5H2,1-3H3,(H,15,16). The highest BCUT2D eigenvalue weighted by Crippen LogP contribution is 2.27. The zero-order chi connectivity index (χ0) is 12.5. The fourth-order valence-electron chi connectivity index (χ4n) is 1.53. The lowest BCUT2D eigenvalue weighted by Crippen LogP contribution is -2.27. The average molecular weight is 231 g/mol. The van der Waals surface area contributed by atoms with E-state index in [0.717, 1.165) is 23.4 Å². The predicted molar refractivity (Wildman–Crippen MR) is 68.0 cm³/mol. The minimum Gasteiger partial charge on any atom is -0.465 e. The summed E-state index contributed by atoms with van der Waals surface area (Å²) < 4.78 is 5.40. The summed E-state index contributed by atoms with van der Waals surface area (Å²) in [5, 5.41) is 2.89. The molecule has 0 saturated carbocycles. The second kappa shape index (κ2) is 4.24. The minimum absolute atomic E-state index is 0.00352. The highest BCUT2D eigenvalue weighted by atomic mass is 16.5. The molecule has 1 aliphatic heterocycles. The Morgan fingerprint density at radius 2 is 2.12 bits per heavy atom. The molecule has 0 spiro atoms. The Morgan fingerprint density at radius 1 is 1.35 bits per heavy atom. The SMILES string of the molecule is CC(C)(C)C(=O)Nc1ccc2c(c1)OC=CC2. The van der Waals surface area contributed by atoms with Crippen LogP contribution in [0.3, 0.4) is 0 Å². The van der Waals surface area contributed by atoms with Gasteiger partial charge in [-0.1, -0.05) is 26.8 Å². The van der Waals surface area contributed by atoms with Crippen LogP contribution in [0, 0.1) is 5.41 Å². The summed E-state index contributed by atoms with van der Waals surface area (Å²) in [6.07, 6.45) is 4.52. The van der Waals surface area contributed by atoms with E-state index in [9.17, 15) is 4.79 Å². The highest BCUT2D eigenvalue weighted by molar-refractivity contribution is 5.94. The Morgan fingerprint density at radius 3 is 2.82 bits per heavy atom. The zero-order valence-corrected chi connectivity index (χ0v) is 10.4. The maximum absolute atomic E-state index is 11.8. The fraction of sp³-hybridized carbons (Fsp3) is 0.357.